The van der Waals surface area contributed by atoms with Crippen LogP contribution >= 0.6 is 11.8 Å². The average Bonchev–Trinajstić information content (AvgIpc) is 2.84. The van der Waals surface area contributed by atoms with Crippen LogP contribution in [0.15, 0.2) is 22.3 Å². The maximum Gasteiger partial charge on any atom is 0.277 e. The van der Waals surface area contributed by atoms with Gasteiger partial charge >= 0.3 is 0 Å². The van der Waals surface area contributed by atoms with Crippen LogP contribution in [-0.4, -0.2) is 46.9 Å². The van der Waals surface area contributed by atoms with E-state index in [0.717, 1.165) is 6.42 Å². The largest absolute Gasteiger partial charge is 0.414 e. The Kier molecular flexibility index (Phi) is 6.74. The number of hydrogen-bond acceptors (Lipinski definition) is 6. The highest BCUT2D eigenvalue weighted by atomic mass is 32.2. The predicted molar refractivity (Wildman–Crippen MR) is 79.5 cm³/mol. The lowest BCUT2D eigenvalue weighted by molar-refractivity contribution is -0.120. The molecule has 0 radical (unpaired) electrons. The molecule has 1 rings (SSSR count). The zero-order valence-corrected chi connectivity index (χ0v) is 13.2. The third kappa shape index (κ3) is 4.64. The molecular weight excluding hydrogens is 276 g/mol. The van der Waals surface area contributed by atoms with Crippen LogP contribution in [0.5, 0.6) is 0 Å². The first-order valence-electron chi connectivity index (χ1n) is 6.54. The molecule has 1 aromatic heterocycles. The lowest BCUT2D eigenvalue weighted by Gasteiger charge is -2.18. The van der Waals surface area contributed by atoms with Crippen LogP contribution in [0.25, 0.3) is 0 Å². The van der Waals surface area contributed by atoms with Crippen LogP contribution in [0.3, 0.4) is 0 Å². The zero-order chi connectivity index (χ0) is 15.1. The van der Waals surface area contributed by atoms with Crippen LogP contribution < -0.4 is 5.32 Å². The van der Waals surface area contributed by atoms with Crippen LogP contribution in [0.2, 0.25) is 0 Å². The molecule has 112 valence electrons. The normalized spacial score (nSPS) is 14.1. The molecule has 0 spiro atoms. The third-order valence-electron chi connectivity index (χ3n) is 2.78. The Morgan fingerprint density at radius 3 is 2.80 bits per heavy atom. The van der Waals surface area contributed by atoms with E-state index < -0.39 is 0 Å². The maximum atomic E-state index is 11.7. The van der Waals surface area contributed by atoms with E-state index in [2.05, 4.69) is 29.0 Å². The molecule has 0 aliphatic rings. The Hall–Kier alpha value is -1.34. The molecule has 0 aliphatic carbocycles. The molecule has 20 heavy (non-hydrogen) atoms. The summed E-state index contributed by atoms with van der Waals surface area (Å²) < 4.78 is 5.62. The third-order valence-corrected chi connectivity index (χ3v) is 3.72. The number of nitrogens with one attached hydrogen (secondary N) is 1. The fourth-order valence-electron chi connectivity index (χ4n) is 1.68. The molecule has 0 saturated carbocycles. The van der Waals surface area contributed by atoms with Crippen LogP contribution in [0.4, 0.5) is 0 Å². The summed E-state index contributed by atoms with van der Waals surface area (Å²) in [5, 5.41) is 10.9. The van der Waals surface area contributed by atoms with E-state index in [1.807, 2.05) is 19.0 Å². The molecule has 0 fully saturated rings. The molecule has 1 heterocycles. The number of carbonyl (C=O) groups excluding carboxylic acids is 1. The molecule has 0 aliphatic heterocycles. The Bertz CT molecular complexity index is 447. The van der Waals surface area contributed by atoms with Crippen molar-refractivity contribution in [3.8, 4) is 0 Å². The summed E-state index contributed by atoms with van der Waals surface area (Å²) in [5.41, 5.74) is 0. The molecule has 1 amide bonds. The first-order chi connectivity index (χ1) is 9.49. The summed E-state index contributed by atoms with van der Waals surface area (Å²) in [4.78, 5) is 13.8. The number of rotatable bonds is 8. The van der Waals surface area contributed by atoms with Crippen molar-refractivity contribution in [1.29, 1.82) is 0 Å². The predicted octanol–water partition coefficient (Wildman–Crippen LogP) is 1.87. The van der Waals surface area contributed by atoms with Crippen molar-refractivity contribution in [2.24, 2.45) is 0 Å². The Morgan fingerprint density at radius 2 is 2.25 bits per heavy atom. The minimum Gasteiger partial charge on any atom is -0.414 e. The first kappa shape index (κ1) is 16.7. The van der Waals surface area contributed by atoms with Crippen molar-refractivity contribution >= 4 is 17.7 Å². The second-order valence-electron chi connectivity index (χ2n) is 4.59. The summed E-state index contributed by atoms with van der Waals surface area (Å²) in [6.45, 7) is 7.88. The second-order valence-corrected chi connectivity index (χ2v) is 5.88. The van der Waals surface area contributed by atoms with Crippen molar-refractivity contribution in [3.05, 3.63) is 18.5 Å². The highest BCUT2D eigenvalue weighted by molar-refractivity contribution is 8.00. The highest BCUT2D eigenvalue weighted by Gasteiger charge is 2.22. The van der Waals surface area contributed by atoms with Crippen molar-refractivity contribution in [1.82, 2.24) is 20.4 Å². The second kappa shape index (κ2) is 8.06. The van der Waals surface area contributed by atoms with Gasteiger partial charge in [-0.15, -0.1) is 16.8 Å². The quantitative estimate of drug-likeness (QED) is 0.583. The van der Waals surface area contributed by atoms with Crippen molar-refractivity contribution in [2.45, 2.75) is 36.8 Å². The Balaban J connectivity index is 2.63. The number of carbonyl (C=O) groups is 1. The van der Waals surface area contributed by atoms with Gasteiger partial charge in [0.2, 0.25) is 11.8 Å². The smallest absolute Gasteiger partial charge is 0.277 e. The number of nitrogens with zero attached hydrogens (tertiary/aromatic N) is 3. The van der Waals surface area contributed by atoms with Gasteiger partial charge in [-0.25, -0.2) is 0 Å². The minimum atomic E-state index is -0.289. The maximum absolute atomic E-state index is 11.7. The fraction of sp³-hybridized carbons (Fsp3) is 0.615. The monoisotopic (exact) mass is 298 g/mol. The molecule has 6 nitrogen and oxygen atoms in total. The summed E-state index contributed by atoms with van der Waals surface area (Å²) in [6.07, 6.45) is 2.53. The standard InChI is InChI=1S/C13H22N4O2S/c1-6-8-14-11(18)9(3)20-13-16-15-12(19-13)10(7-2)17(4)5/h6,9-10H,1,7-8H2,2-5H3,(H,14,18)/t9-,10+/m0/s1. The topological polar surface area (TPSA) is 71.3 Å². The summed E-state index contributed by atoms with van der Waals surface area (Å²) in [6, 6.07) is 0.0988. The van der Waals surface area contributed by atoms with Gasteiger partial charge in [0, 0.05) is 6.54 Å². The lowest BCUT2D eigenvalue weighted by atomic mass is 10.2. The molecule has 1 aromatic rings. The molecule has 2 atom stereocenters. The van der Waals surface area contributed by atoms with Gasteiger partial charge in [-0.3, -0.25) is 9.69 Å². The van der Waals surface area contributed by atoms with Crippen molar-refractivity contribution < 1.29 is 9.21 Å². The SMILES string of the molecule is C=CCNC(=O)[C@H](C)Sc1nnc([C@@H](CC)N(C)C)o1. The molecular formula is C13H22N4O2S. The van der Waals surface area contributed by atoms with E-state index in [9.17, 15) is 4.79 Å². The molecule has 0 unspecified atom stereocenters. The summed E-state index contributed by atoms with van der Waals surface area (Å²) in [5.74, 6) is 0.507. The fourth-order valence-corrected chi connectivity index (χ4v) is 2.40. The molecule has 0 saturated heterocycles. The summed E-state index contributed by atoms with van der Waals surface area (Å²) >= 11 is 1.26. The van der Waals surface area contributed by atoms with E-state index in [1.165, 1.54) is 11.8 Å². The van der Waals surface area contributed by atoms with Gasteiger partial charge in [-0.1, -0.05) is 24.8 Å². The first-order valence-corrected chi connectivity index (χ1v) is 7.42. The van der Waals surface area contributed by atoms with Gasteiger partial charge in [-0.05, 0) is 27.4 Å². The number of amides is 1. The minimum absolute atomic E-state index is 0.0747. The van der Waals surface area contributed by atoms with E-state index in [1.54, 1.807) is 13.0 Å². The van der Waals surface area contributed by atoms with Gasteiger partial charge in [0.05, 0.1) is 11.3 Å². The van der Waals surface area contributed by atoms with Gasteiger partial charge < -0.3 is 9.73 Å². The highest BCUT2D eigenvalue weighted by Crippen LogP contribution is 2.26. The van der Waals surface area contributed by atoms with Gasteiger partial charge in [0.15, 0.2) is 0 Å². The number of thioether (sulfide) groups is 1. The van der Waals surface area contributed by atoms with E-state index in [-0.39, 0.29) is 17.2 Å². The number of hydrogen-bond donors (Lipinski definition) is 1. The molecule has 0 bridgehead atoms. The van der Waals surface area contributed by atoms with E-state index in [0.29, 0.717) is 17.7 Å². The Labute approximate surface area is 124 Å². The van der Waals surface area contributed by atoms with E-state index >= 15 is 0 Å². The number of aromatic nitrogens is 2. The molecule has 7 heteroatoms. The van der Waals surface area contributed by atoms with Crippen molar-refractivity contribution in [3.63, 3.8) is 0 Å². The lowest BCUT2D eigenvalue weighted by Crippen LogP contribution is -2.30. The van der Waals surface area contributed by atoms with Gasteiger partial charge in [-0.2, -0.15) is 0 Å². The molecule has 0 aromatic carbocycles. The van der Waals surface area contributed by atoms with Crippen LogP contribution in [0, 0.1) is 0 Å². The van der Waals surface area contributed by atoms with Gasteiger partial charge in [0.1, 0.15) is 0 Å². The molecule has 1 N–H and O–H groups in total. The van der Waals surface area contributed by atoms with E-state index in [4.69, 9.17) is 4.42 Å². The Morgan fingerprint density at radius 1 is 1.55 bits per heavy atom. The summed E-state index contributed by atoms with van der Waals surface area (Å²) in [7, 11) is 3.94. The van der Waals surface area contributed by atoms with Gasteiger partial charge in [0.25, 0.3) is 5.22 Å². The van der Waals surface area contributed by atoms with Crippen LogP contribution in [-0.2, 0) is 4.79 Å². The average molecular weight is 298 g/mol. The van der Waals surface area contributed by atoms with Crippen molar-refractivity contribution in [2.75, 3.05) is 20.6 Å². The van der Waals surface area contributed by atoms with Crippen LogP contribution in [0.1, 0.15) is 32.2 Å². The zero-order valence-electron chi connectivity index (χ0n) is 12.4.